The number of hydrogen-bond donors (Lipinski definition) is 0. The van der Waals surface area contributed by atoms with Gasteiger partial charge in [-0.3, -0.25) is 0 Å². The third-order valence-corrected chi connectivity index (χ3v) is 1.20. The van der Waals surface area contributed by atoms with E-state index >= 15 is 0 Å². The number of allylic oxidation sites excluding steroid dienone is 2. The lowest BCUT2D eigenvalue weighted by Crippen LogP contribution is -1.66. The predicted octanol–water partition coefficient (Wildman–Crippen LogP) is 2.38. The van der Waals surface area contributed by atoms with Crippen LogP contribution in [0.2, 0.25) is 0 Å². The fraction of sp³-hybridized carbons (Fsp3) is 0.750. The number of rotatable bonds is 0. The van der Waals surface area contributed by atoms with Gasteiger partial charge in [-0.15, -0.1) is 0 Å². The van der Waals surface area contributed by atoms with Gasteiger partial charge in [-0.2, -0.15) is 0 Å². The SMILES string of the molecule is C1CO1.CC(C)=C(C)C. The summed E-state index contributed by atoms with van der Waals surface area (Å²) in [7, 11) is 0. The van der Waals surface area contributed by atoms with Crippen LogP contribution in [0.4, 0.5) is 0 Å². The lowest BCUT2D eigenvalue weighted by molar-refractivity contribution is 0.475. The molecule has 0 aromatic carbocycles. The van der Waals surface area contributed by atoms with Crippen LogP contribution >= 0.6 is 0 Å². The van der Waals surface area contributed by atoms with E-state index in [1.165, 1.54) is 11.1 Å². The molecule has 9 heavy (non-hydrogen) atoms. The Morgan fingerprint density at radius 3 is 1.11 bits per heavy atom. The first-order chi connectivity index (χ1) is 4.14. The Kier molecular flexibility index (Phi) is 4.41. The molecular weight excluding hydrogens is 112 g/mol. The first-order valence-electron chi connectivity index (χ1n) is 3.33. The summed E-state index contributed by atoms with van der Waals surface area (Å²) >= 11 is 0. The summed E-state index contributed by atoms with van der Waals surface area (Å²) in [5.41, 5.74) is 2.85. The van der Waals surface area contributed by atoms with Crippen molar-refractivity contribution in [3.63, 3.8) is 0 Å². The lowest BCUT2D eigenvalue weighted by atomic mass is 10.2. The van der Waals surface area contributed by atoms with Crippen molar-refractivity contribution in [2.24, 2.45) is 0 Å². The quantitative estimate of drug-likeness (QED) is 0.360. The fourth-order valence-corrected chi connectivity index (χ4v) is 0. The van der Waals surface area contributed by atoms with Crippen LogP contribution < -0.4 is 0 Å². The molecule has 0 saturated carbocycles. The van der Waals surface area contributed by atoms with Crippen molar-refractivity contribution in [2.45, 2.75) is 27.7 Å². The Bertz CT molecular complexity index is 80.4. The van der Waals surface area contributed by atoms with Gasteiger partial charge in [0.25, 0.3) is 0 Å². The maximum Gasteiger partial charge on any atom is 0.0701 e. The molecule has 1 saturated heterocycles. The van der Waals surface area contributed by atoms with E-state index in [1.807, 2.05) is 0 Å². The van der Waals surface area contributed by atoms with Gasteiger partial charge < -0.3 is 4.74 Å². The van der Waals surface area contributed by atoms with Crippen LogP contribution in [0.5, 0.6) is 0 Å². The number of epoxide rings is 1. The van der Waals surface area contributed by atoms with Crippen molar-refractivity contribution >= 4 is 0 Å². The molecule has 0 aliphatic carbocycles. The molecule has 54 valence electrons. The monoisotopic (exact) mass is 128 g/mol. The summed E-state index contributed by atoms with van der Waals surface area (Å²) in [4.78, 5) is 0. The third kappa shape index (κ3) is 11.3. The first kappa shape index (κ1) is 8.70. The van der Waals surface area contributed by atoms with Crippen molar-refractivity contribution in [1.29, 1.82) is 0 Å². The van der Waals surface area contributed by atoms with Crippen molar-refractivity contribution < 1.29 is 4.74 Å². The zero-order valence-corrected chi connectivity index (χ0v) is 6.82. The molecular formula is C8H16O. The van der Waals surface area contributed by atoms with Crippen molar-refractivity contribution in [3.8, 4) is 0 Å². The van der Waals surface area contributed by atoms with E-state index in [2.05, 4.69) is 32.4 Å². The Hall–Kier alpha value is -0.300. The molecule has 0 radical (unpaired) electrons. The minimum Gasteiger partial charge on any atom is -0.377 e. The largest absolute Gasteiger partial charge is 0.377 e. The molecule has 1 nitrogen and oxygen atoms in total. The summed E-state index contributed by atoms with van der Waals surface area (Å²) in [5, 5.41) is 0. The lowest BCUT2D eigenvalue weighted by Gasteiger charge is -1.88. The molecule has 0 unspecified atom stereocenters. The molecule has 1 fully saturated rings. The number of ether oxygens (including phenoxy) is 1. The second-order valence-corrected chi connectivity index (χ2v) is 2.61. The van der Waals surface area contributed by atoms with Gasteiger partial charge in [-0.05, 0) is 27.7 Å². The molecule has 0 atom stereocenters. The standard InChI is InChI=1S/C6H12.C2H4O/c1-5(2)6(3)4;1-2-3-1/h1-4H3;1-2H2. The summed E-state index contributed by atoms with van der Waals surface area (Å²) < 4.78 is 4.50. The Morgan fingerprint density at radius 2 is 1.11 bits per heavy atom. The van der Waals surface area contributed by atoms with Gasteiger partial charge in [0.05, 0.1) is 13.2 Å². The molecule has 0 spiro atoms. The molecule has 1 heterocycles. The Balaban J connectivity index is 0.000000173. The summed E-state index contributed by atoms with van der Waals surface area (Å²) in [5.74, 6) is 0. The predicted molar refractivity (Wildman–Crippen MR) is 40.5 cm³/mol. The maximum absolute atomic E-state index is 4.50. The highest BCUT2D eigenvalue weighted by molar-refractivity contribution is 5.02. The van der Waals surface area contributed by atoms with Crippen LogP contribution in [0, 0.1) is 0 Å². The minimum atomic E-state index is 1.00. The van der Waals surface area contributed by atoms with E-state index in [9.17, 15) is 0 Å². The first-order valence-corrected chi connectivity index (χ1v) is 3.33. The van der Waals surface area contributed by atoms with Gasteiger partial charge in [0.1, 0.15) is 0 Å². The summed E-state index contributed by atoms with van der Waals surface area (Å²) in [6, 6.07) is 0. The average molecular weight is 128 g/mol. The highest BCUT2D eigenvalue weighted by Gasteiger charge is 1.94. The van der Waals surface area contributed by atoms with Gasteiger partial charge in [-0.25, -0.2) is 0 Å². The topological polar surface area (TPSA) is 12.5 Å². The van der Waals surface area contributed by atoms with Gasteiger partial charge in [-0.1, -0.05) is 11.1 Å². The van der Waals surface area contributed by atoms with E-state index in [1.54, 1.807) is 0 Å². The van der Waals surface area contributed by atoms with Crippen molar-refractivity contribution in [2.75, 3.05) is 13.2 Å². The Labute approximate surface area is 57.7 Å². The molecule has 1 aliphatic rings. The van der Waals surface area contributed by atoms with Gasteiger partial charge in [0.15, 0.2) is 0 Å². The zero-order chi connectivity index (χ0) is 7.28. The molecule has 0 N–H and O–H groups in total. The smallest absolute Gasteiger partial charge is 0.0701 e. The van der Waals surface area contributed by atoms with Gasteiger partial charge in [0, 0.05) is 0 Å². The minimum absolute atomic E-state index is 1.00. The van der Waals surface area contributed by atoms with Crippen molar-refractivity contribution in [1.82, 2.24) is 0 Å². The molecule has 1 aliphatic heterocycles. The van der Waals surface area contributed by atoms with E-state index in [0.29, 0.717) is 0 Å². The van der Waals surface area contributed by atoms with Crippen molar-refractivity contribution in [3.05, 3.63) is 11.1 Å². The zero-order valence-electron chi connectivity index (χ0n) is 6.82. The molecule has 1 rings (SSSR count). The summed E-state index contributed by atoms with van der Waals surface area (Å²) in [6.07, 6.45) is 0. The molecule has 0 aromatic rings. The van der Waals surface area contributed by atoms with Crippen LogP contribution in [0.1, 0.15) is 27.7 Å². The van der Waals surface area contributed by atoms with E-state index in [-0.39, 0.29) is 0 Å². The van der Waals surface area contributed by atoms with Crippen LogP contribution in [0.25, 0.3) is 0 Å². The molecule has 0 aromatic heterocycles. The normalized spacial score (nSPS) is 13.3. The maximum atomic E-state index is 4.50. The summed E-state index contributed by atoms with van der Waals surface area (Å²) in [6.45, 7) is 10.5. The molecule has 1 heteroatoms. The van der Waals surface area contributed by atoms with Crippen LogP contribution in [0.15, 0.2) is 11.1 Å². The Morgan fingerprint density at radius 1 is 0.889 bits per heavy atom. The van der Waals surface area contributed by atoms with Crippen LogP contribution in [-0.2, 0) is 4.74 Å². The van der Waals surface area contributed by atoms with E-state index in [0.717, 1.165) is 13.2 Å². The number of hydrogen-bond acceptors (Lipinski definition) is 1. The average Bonchev–Trinajstić information content (AvgIpc) is 2.46. The van der Waals surface area contributed by atoms with E-state index in [4.69, 9.17) is 0 Å². The molecule has 0 amide bonds. The highest BCUT2D eigenvalue weighted by Crippen LogP contribution is 1.96. The van der Waals surface area contributed by atoms with Crippen LogP contribution in [-0.4, -0.2) is 13.2 Å². The van der Waals surface area contributed by atoms with Gasteiger partial charge in [0.2, 0.25) is 0 Å². The fourth-order valence-electron chi connectivity index (χ4n) is 0. The second kappa shape index (κ2) is 4.57. The van der Waals surface area contributed by atoms with E-state index < -0.39 is 0 Å². The second-order valence-electron chi connectivity index (χ2n) is 2.61. The highest BCUT2D eigenvalue weighted by atomic mass is 16.6. The third-order valence-electron chi connectivity index (χ3n) is 1.20. The van der Waals surface area contributed by atoms with Crippen LogP contribution in [0.3, 0.4) is 0 Å². The molecule has 0 bridgehead atoms. The van der Waals surface area contributed by atoms with Gasteiger partial charge >= 0.3 is 0 Å².